The summed E-state index contributed by atoms with van der Waals surface area (Å²) in [6.45, 7) is 2.08. The minimum absolute atomic E-state index is 0.112. The Hall–Kier alpha value is -1.10. The number of carboxylic acid groups (broad SMARTS) is 2. The molecule has 2 saturated carbocycles. The molecule has 5 heteroatoms. The zero-order valence-electron chi connectivity index (χ0n) is 12.7. The van der Waals surface area contributed by atoms with Crippen molar-refractivity contribution in [2.75, 3.05) is 0 Å². The molecule has 0 aromatic carbocycles. The lowest BCUT2D eigenvalue weighted by atomic mass is 9.77. The van der Waals surface area contributed by atoms with Gasteiger partial charge in [0.2, 0.25) is 0 Å². The lowest BCUT2D eigenvalue weighted by Crippen LogP contribution is -2.40. The van der Waals surface area contributed by atoms with Gasteiger partial charge in [0.15, 0.2) is 0 Å². The van der Waals surface area contributed by atoms with Crippen LogP contribution in [0.3, 0.4) is 0 Å². The number of ether oxygens (including phenoxy) is 1. The summed E-state index contributed by atoms with van der Waals surface area (Å²) in [5.41, 5.74) is 0. The molecule has 0 heterocycles. The van der Waals surface area contributed by atoms with Crippen molar-refractivity contribution in [1.29, 1.82) is 0 Å². The van der Waals surface area contributed by atoms with Gasteiger partial charge in [-0.05, 0) is 44.9 Å². The molecule has 2 N–H and O–H groups in total. The second-order valence-corrected chi connectivity index (χ2v) is 6.56. The van der Waals surface area contributed by atoms with Crippen molar-refractivity contribution in [3.63, 3.8) is 0 Å². The predicted molar refractivity (Wildman–Crippen MR) is 77.0 cm³/mol. The van der Waals surface area contributed by atoms with Crippen molar-refractivity contribution in [3.8, 4) is 0 Å². The topological polar surface area (TPSA) is 83.8 Å². The summed E-state index contributed by atoms with van der Waals surface area (Å²) in [6, 6.07) is 0. The largest absolute Gasteiger partial charge is 0.481 e. The fourth-order valence-electron chi connectivity index (χ4n) is 3.84. The minimum atomic E-state index is -1.01. The first kappa shape index (κ1) is 16.3. The van der Waals surface area contributed by atoms with E-state index in [1.54, 1.807) is 0 Å². The van der Waals surface area contributed by atoms with Gasteiger partial charge in [-0.3, -0.25) is 9.59 Å². The third kappa shape index (κ3) is 4.19. The van der Waals surface area contributed by atoms with Gasteiger partial charge in [-0.1, -0.05) is 19.3 Å². The summed E-state index contributed by atoms with van der Waals surface area (Å²) in [6.07, 6.45) is 7.58. The Kier molecular flexibility index (Phi) is 5.62. The zero-order chi connectivity index (χ0) is 15.4. The van der Waals surface area contributed by atoms with Crippen LogP contribution in [0.4, 0.5) is 0 Å². The number of hydrogen-bond acceptors (Lipinski definition) is 3. The Bertz CT molecular complexity index is 375. The molecule has 0 amide bonds. The third-order valence-electron chi connectivity index (χ3n) is 5.16. The molecule has 2 rings (SSSR count). The second-order valence-electron chi connectivity index (χ2n) is 6.56. The van der Waals surface area contributed by atoms with Gasteiger partial charge in [-0.25, -0.2) is 0 Å². The van der Waals surface area contributed by atoms with Gasteiger partial charge < -0.3 is 14.9 Å². The Morgan fingerprint density at radius 1 is 0.952 bits per heavy atom. The molecule has 4 unspecified atom stereocenters. The van der Waals surface area contributed by atoms with E-state index in [1.165, 1.54) is 32.1 Å². The summed E-state index contributed by atoms with van der Waals surface area (Å²) in [5.74, 6) is -3.03. The smallest absolute Gasteiger partial charge is 0.307 e. The van der Waals surface area contributed by atoms with E-state index in [0.29, 0.717) is 25.2 Å². The van der Waals surface area contributed by atoms with Crippen LogP contribution in [-0.4, -0.2) is 34.4 Å². The number of rotatable bonds is 5. The molecule has 0 spiro atoms. The van der Waals surface area contributed by atoms with E-state index in [2.05, 4.69) is 6.92 Å². The van der Waals surface area contributed by atoms with Gasteiger partial charge in [-0.2, -0.15) is 0 Å². The maximum atomic E-state index is 11.3. The van der Waals surface area contributed by atoms with Crippen LogP contribution in [0.1, 0.15) is 58.3 Å². The van der Waals surface area contributed by atoms with Gasteiger partial charge in [-0.15, -0.1) is 0 Å². The molecule has 0 aromatic rings. The predicted octanol–water partition coefficient (Wildman–Crippen LogP) is 2.93. The first-order chi connectivity index (χ1) is 9.99. The first-order valence-electron chi connectivity index (χ1n) is 8.10. The maximum Gasteiger partial charge on any atom is 0.307 e. The Morgan fingerprint density at radius 2 is 1.57 bits per heavy atom. The van der Waals surface area contributed by atoms with Crippen LogP contribution >= 0.6 is 0 Å². The molecular weight excluding hydrogens is 272 g/mol. The summed E-state index contributed by atoms with van der Waals surface area (Å²) in [7, 11) is 0. The molecule has 120 valence electrons. The average Bonchev–Trinajstić information content (AvgIpc) is 2.47. The van der Waals surface area contributed by atoms with Crippen LogP contribution in [0.15, 0.2) is 0 Å². The molecule has 2 aliphatic carbocycles. The molecule has 0 saturated heterocycles. The fourth-order valence-corrected chi connectivity index (χ4v) is 3.84. The van der Waals surface area contributed by atoms with Crippen LogP contribution < -0.4 is 0 Å². The van der Waals surface area contributed by atoms with Crippen LogP contribution in [0.5, 0.6) is 0 Å². The average molecular weight is 298 g/mol. The van der Waals surface area contributed by atoms with Crippen molar-refractivity contribution >= 4 is 11.9 Å². The molecule has 0 aromatic heterocycles. The van der Waals surface area contributed by atoms with Crippen molar-refractivity contribution in [2.45, 2.75) is 70.5 Å². The molecule has 4 atom stereocenters. The van der Waals surface area contributed by atoms with Crippen LogP contribution in [0.25, 0.3) is 0 Å². The highest BCUT2D eigenvalue weighted by molar-refractivity contribution is 5.80. The lowest BCUT2D eigenvalue weighted by molar-refractivity contribution is -0.160. The van der Waals surface area contributed by atoms with E-state index in [0.717, 1.165) is 0 Å². The van der Waals surface area contributed by atoms with Gasteiger partial charge in [0.25, 0.3) is 0 Å². The van der Waals surface area contributed by atoms with Crippen LogP contribution in [0.2, 0.25) is 0 Å². The SMILES string of the molecule is CC(OC1CCC(C(=O)O)C(C(=O)O)C1)C1CCCCC1. The molecule has 0 aliphatic heterocycles. The van der Waals surface area contributed by atoms with E-state index >= 15 is 0 Å². The standard InChI is InChI=1S/C16H26O5/c1-10(11-5-3-2-4-6-11)21-12-7-8-13(15(17)18)14(9-12)16(19)20/h10-14H,2-9H2,1H3,(H,17,18)(H,19,20). The number of carboxylic acids is 2. The maximum absolute atomic E-state index is 11.3. The summed E-state index contributed by atoms with van der Waals surface area (Å²) in [5, 5.41) is 18.4. The quantitative estimate of drug-likeness (QED) is 0.815. The molecule has 5 nitrogen and oxygen atoms in total. The Morgan fingerprint density at radius 3 is 2.14 bits per heavy atom. The van der Waals surface area contributed by atoms with Crippen molar-refractivity contribution in [1.82, 2.24) is 0 Å². The normalized spacial score (nSPS) is 32.5. The van der Waals surface area contributed by atoms with E-state index < -0.39 is 23.8 Å². The molecule has 0 bridgehead atoms. The zero-order valence-corrected chi connectivity index (χ0v) is 12.7. The summed E-state index contributed by atoms with van der Waals surface area (Å²) >= 11 is 0. The highest BCUT2D eigenvalue weighted by Crippen LogP contribution is 2.35. The number of carbonyl (C=O) groups is 2. The Labute approximate surface area is 125 Å². The monoisotopic (exact) mass is 298 g/mol. The molecule has 0 radical (unpaired) electrons. The summed E-state index contributed by atoms with van der Waals surface area (Å²) < 4.78 is 6.08. The number of hydrogen-bond donors (Lipinski definition) is 2. The molecule has 2 aliphatic rings. The van der Waals surface area contributed by atoms with Crippen molar-refractivity contribution in [2.24, 2.45) is 17.8 Å². The van der Waals surface area contributed by atoms with E-state index in [9.17, 15) is 14.7 Å². The second kappa shape index (κ2) is 7.25. The molecular formula is C16H26O5. The summed E-state index contributed by atoms with van der Waals surface area (Å²) in [4.78, 5) is 22.4. The molecule has 21 heavy (non-hydrogen) atoms. The van der Waals surface area contributed by atoms with E-state index in [1.807, 2.05) is 0 Å². The molecule has 2 fully saturated rings. The first-order valence-corrected chi connectivity index (χ1v) is 8.10. The number of aliphatic carboxylic acids is 2. The van der Waals surface area contributed by atoms with Gasteiger partial charge in [0.05, 0.1) is 24.0 Å². The van der Waals surface area contributed by atoms with Gasteiger partial charge in [0.1, 0.15) is 0 Å². The highest BCUT2D eigenvalue weighted by atomic mass is 16.5. The highest BCUT2D eigenvalue weighted by Gasteiger charge is 2.40. The van der Waals surface area contributed by atoms with Crippen LogP contribution in [0, 0.1) is 17.8 Å². The van der Waals surface area contributed by atoms with Crippen LogP contribution in [-0.2, 0) is 14.3 Å². The minimum Gasteiger partial charge on any atom is -0.481 e. The van der Waals surface area contributed by atoms with Crippen molar-refractivity contribution in [3.05, 3.63) is 0 Å². The lowest BCUT2D eigenvalue weighted by Gasteiger charge is -2.36. The van der Waals surface area contributed by atoms with Gasteiger partial charge >= 0.3 is 11.9 Å². The van der Waals surface area contributed by atoms with E-state index in [-0.39, 0.29) is 12.2 Å². The Balaban J connectivity index is 1.89. The van der Waals surface area contributed by atoms with Crippen molar-refractivity contribution < 1.29 is 24.5 Å². The van der Waals surface area contributed by atoms with E-state index in [4.69, 9.17) is 9.84 Å². The fraction of sp³-hybridized carbons (Fsp3) is 0.875. The van der Waals surface area contributed by atoms with Gasteiger partial charge in [0, 0.05) is 0 Å². The third-order valence-corrected chi connectivity index (χ3v) is 5.16.